The van der Waals surface area contributed by atoms with Crippen molar-refractivity contribution < 1.29 is 23.4 Å². The maximum absolute atomic E-state index is 15.2. The van der Waals surface area contributed by atoms with Gasteiger partial charge in [0.25, 0.3) is 0 Å². The van der Waals surface area contributed by atoms with Gasteiger partial charge in [-0.25, -0.2) is 13.8 Å². The normalized spacial score (nSPS) is 29.5. The van der Waals surface area contributed by atoms with Crippen LogP contribution in [0.25, 0.3) is 32.9 Å². The zero-order valence-corrected chi connectivity index (χ0v) is 23.6. The Morgan fingerprint density at radius 3 is 2.98 bits per heavy atom. The number of nitrogens with one attached hydrogen (secondary N) is 1. The molecule has 222 valence electrons. The van der Waals surface area contributed by atoms with E-state index in [0.717, 1.165) is 44.6 Å². The molecule has 0 unspecified atom stereocenters. The molecular weight excluding hydrogens is 554 g/mol. The van der Waals surface area contributed by atoms with Gasteiger partial charge in [0.15, 0.2) is 0 Å². The maximum atomic E-state index is 15.2. The van der Waals surface area contributed by atoms with Crippen LogP contribution in [0.15, 0.2) is 36.4 Å². The number of pyridine rings is 1. The number of halogens is 2. The third kappa shape index (κ3) is 3.97. The summed E-state index contributed by atoms with van der Waals surface area (Å²) in [7, 11) is 0. The SMILES string of the molecule is Oc1cc(-c2cc3nc(OC[C@@]45CCCN4C[C@@H](F)C5)nc4c3c(n2)OC[C@@H]2[C@@H]3CC[C@H](CN42)N3)c2c(F)cccc2c1. The van der Waals surface area contributed by atoms with Crippen molar-refractivity contribution in [2.45, 2.75) is 61.9 Å². The van der Waals surface area contributed by atoms with Crippen molar-refractivity contribution >= 4 is 27.5 Å². The number of phenols is 1. The van der Waals surface area contributed by atoms with E-state index in [0.29, 0.717) is 71.0 Å². The van der Waals surface area contributed by atoms with Crippen molar-refractivity contribution in [3.8, 4) is 28.9 Å². The summed E-state index contributed by atoms with van der Waals surface area (Å²) in [5.41, 5.74) is 1.11. The summed E-state index contributed by atoms with van der Waals surface area (Å²) in [6.07, 6.45) is 3.67. The Morgan fingerprint density at radius 1 is 1.12 bits per heavy atom. The number of piperazine rings is 1. The topological polar surface area (TPSA) is 95.9 Å². The summed E-state index contributed by atoms with van der Waals surface area (Å²) in [5.74, 6) is 0.702. The smallest absolute Gasteiger partial charge is 0.319 e. The number of alkyl halides is 1. The quantitative estimate of drug-likeness (QED) is 0.362. The Hall–Kier alpha value is -3.83. The van der Waals surface area contributed by atoms with Crippen LogP contribution in [-0.2, 0) is 0 Å². The van der Waals surface area contributed by atoms with Crippen LogP contribution in [0.5, 0.6) is 17.6 Å². The molecule has 2 aromatic carbocycles. The number of hydrogen-bond donors (Lipinski definition) is 2. The van der Waals surface area contributed by atoms with Crippen LogP contribution in [0.1, 0.15) is 32.1 Å². The number of ether oxygens (including phenoxy) is 2. The minimum Gasteiger partial charge on any atom is -0.508 e. The minimum atomic E-state index is -0.853. The second-order valence-electron chi connectivity index (χ2n) is 12.8. The highest BCUT2D eigenvalue weighted by Crippen LogP contribution is 2.44. The number of aromatic hydroxyl groups is 1. The van der Waals surface area contributed by atoms with Crippen LogP contribution in [0.2, 0.25) is 0 Å². The van der Waals surface area contributed by atoms with E-state index < -0.39 is 12.0 Å². The fraction of sp³-hybridized carbons (Fsp3) is 0.469. The summed E-state index contributed by atoms with van der Waals surface area (Å²) in [4.78, 5) is 19.2. The van der Waals surface area contributed by atoms with Crippen LogP contribution >= 0.6 is 0 Å². The number of anilines is 1. The molecule has 4 fully saturated rings. The van der Waals surface area contributed by atoms with Gasteiger partial charge >= 0.3 is 6.01 Å². The van der Waals surface area contributed by atoms with E-state index >= 15 is 4.39 Å². The standard InChI is InChI=1S/C32H32F2N6O3/c33-18-12-32(7-2-8-39(32)13-18)16-43-31-37-25-11-24(21-10-20(41)9-17-3-1-4-22(34)27(17)21)36-30-28(25)29(38-31)40-14-19-5-6-23(35-19)26(40)15-42-30/h1,3-4,9-11,18-19,23,26,35,41H,2,5-8,12-16H2/t18-,19+,23-,26+,32-/m0/s1. The molecule has 5 aliphatic heterocycles. The molecule has 43 heavy (non-hydrogen) atoms. The molecule has 11 heteroatoms. The summed E-state index contributed by atoms with van der Waals surface area (Å²) >= 11 is 0. The fourth-order valence-electron chi connectivity index (χ4n) is 8.31. The Morgan fingerprint density at radius 2 is 2.05 bits per heavy atom. The highest BCUT2D eigenvalue weighted by Gasteiger charge is 2.49. The summed E-state index contributed by atoms with van der Waals surface area (Å²) in [6, 6.07) is 10.5. The monoisotopic (exact) mass is 586 g/mol. The lowest BCUT2D eigenvalue weighted by molar-refractivity contribution is 0.107. The minimum absolute atomic E-state index is 0.0107. The summed E-state index contributed by atoms with van der Waals surface area (Å²) in [5, 5.41) is 15.9. The van der Waals surface area contributed by atoms with Crippen LogP contribution in [0.4, 0.5) is 14.6 Å². The lowest BCUT2D eigenvalue weighted by atomic mass is 9.95. The largest absolute Gasteiger partial charge is 0.508 e. The lowest BCUT2D eigenvalue weighted by Gasteiger charge is -2.40. The lowest BCUT2D eigenvalue weighted by Crippen LogP contribution is -2.60. The molecule has 0 spiro atoms. The molecule has 4 saturated heterocycles. The van der Waals surface area contributed by atoms with Crippen molar-refractivity contribution in [1.82, 2.24) is 25.2 Å². The third-order valence-corrected chi connectivity index (χ3v) is 10.2. The van der Waals surface area contributed by atoms with Gasteiger partial charge in [0.1, 0.15) is 42.2 Å². The molecule has 2 aromatic heterocycles. The highest BCUT2D eigenvalue weighted by atomic mass is 19.1. The Bertz CT molecular complexity index is 1790. The van der Waals surface area contributed by atoms with Crippen molar-refractivity contribution in [1.29, 1.82) is 0 Å². The van der Waals surface area contributed by atoms with Gasteiger partial charge in [-0.2, -0.15) is 9.97 Å². The molecule has 4 aromatic rings. The number of rotatable bonds is 4. The van der Waals surface area contributed by atoms with Gasteiger partial charge in [-0.05, 0) is 61.9 Å². The molecule has 9 nitrogen and oxygen atoms in total. The molecule has 5 atom stereocenters. The zero-order chi connectivity index (χ0) is 28.9. The molecule has 9 rings (SSSR count). The molecule has 7 heterocycles. The van der Waals surface area contributed by atoms with Gasteiger partial charge < -0.3 is 24.8 Å². The van der Waals surface area contributed by atoms with Gasteiger partial charge in [0, 0.05) is 42.5 Å². The van der Waals surface area contributed by atoms with Crippen LogP contribution in [0, 0.1) is 5.82 Å². The van der Waals surface area contributed by atoms with E-state index in [-0.39, 0.29) is 29.4 Å². The Balaban J connectivity index is 1.20. The maximum Gasteiger partial charge on any atom is 0.319 e. The predicted octanol–water partition coefficient (Wildman–Crippen LogP) is 4.35. The number of fused-ring (bicyclic) bond motifs is 7. The zero-order valence-electron chi connectivity index (χ0n) is 23.6. The van der Waals surface area contributed by atoms with E-state index in [1.54, 1.807) is 18.2 Å². The first-order valence-corrected chi connectivity index (χ1v) is 15.3. The number of aromatic nitrogens is 3. The predicted molar refractivity (Wildman–Crippen MR) is 157 cm³/mol. The van der Waals surface area contributed by atoms with E-state index in [1.165, 1.54) is 18.2 Å². The number of hydrogen-bond acceptors (Lipinski definition) is 9. The van der Waals surface area contributed by atoms with E-state index in [4.69, 9.17) is 24.4 Å². The molecule has 2 N–H and O–H groups in total. The highest BCUT2D eigenvalue weighted by molar-refractivity contribution is 6.01. The molecule has 0 radical (unpaired) electrons. The van der Waals surface area contributed by atoms with Crippen molar-refractivity contribution in [2.75, 3.05) is 37.7 Å². The summed E-state index contributed by atoms with van der Waals surface area (Å²) < 4.78 is 42.4. The van der Waals surface area contributed by atoms with Gasteiger partial charge in [-0.15, -0.1) is 0 Å². The Labute approximate surface area is 246 Å². The number of phenolic OH excluding ortho intramolecular Hbond substituents is 1. The van der Waals surface area contributed by atoms with Crippen LogP contribution < -0.4 is 19.7 Å². The average Bonchev–Trinajstić information content (AvgIpc) is 3.62. The first-order valence-electron chi connectivity index (χ1n) is 15.3. The fourth-order valence-corrected chi connectivity index (χ4v) is 8.31. The van der Waals surface area contributed by atoms with Crippen LogP contribution in [-0.4, -0.2) is 87.6 Å². The Kier molecular flexibility index (Phi) is 5.57. The van der Waals surface area contributed by atoms with Gasteiger partial charge in [-0.1, -0.05) is 12.1 Å². The molecule has 0 saturated carbocycles. The molecule has 0 amide bonds. The van der Waals surface area contributed by atoms with Gasteiger partial charge in [-0.3, -0.25) is 4.90 Å². The van der Waals surface area contributed by atoms with Crippen LogP contribution in [0.3, 0.4) is 0 Å². The third-order valence-electron chi connectivity index (χ3n) is 10.2. The molecule has 0 aliphatic carbocycles. The van der Waals surface area contributed by atoms with Crippen molar-refractivity contribution in [3.63, 3.8) is 0 Å². The first-order chi connectivity index (χ1) is 20.9. The van der Waals surface area contributed by atoms with Crippen molar-refractivity contribution in [2.24, 2.45) is 0 Å². The average molecular weight is 587 g/mol. The van der Waals surface area contributed by atoms with Gasteiger partial charge in [0.05, 0.1) is 22.8 Å². The van der Waals surface area contributed by atoms with E-state index in [2.05, 4.69) is 15.1 Å². The number of nitrogens with zero attached hydrogens (tertiary/aromatic N) is 5. The van der Waals surface area contributed by atoms with Crippen molar-refractivity contribution in [3.05, 3.63) is 42.2 Å². The molecular formula is C32H32F2N6O3. The van der Waals surface area contributed by atoms with Gasteiger partial charge in [0.2, 0.25) is 5.88 Å². The summed E-state index contributed by atoms with van der Waals surface area (Å²) in [6.45, 7) is 2.83. The molecule has 5 aliphatic rings. The first kappa shape index (κ1) is 25.6. The second-order valence-corrected chi connectivity index (χ2v) is 12.8. The second kappa shape index (κ2) is 9.33. The van der Waals surface area contributed by atoms with E-state index in [9.17, 15) is 9.50 Å². The van der Waals surface area contributed by atoms with E-state index in [1.807, 2.05) is 0 Å². The molecule has 2 bridgehead atoms. The number of benzene rings is 2.